The SMILES string of the molecule is CCn1cc(C(=O)Nc2ccccc2C(=O)NC)c2ccccc21. The van der Waals surface area contributed by atoms with Crippen LogP contribution in [-0.4, -0.2) is 23.4 Å². The summed E-state index contributed by atoms with van der Waals surface area (Å²) < 4.78 is 2.04. The Morgan fingerprint density at radius 3 is 2.42 bits per heavy atom. The second-order valence-electron chi connectivity index (χ2n) is 5.42. The normalized spacial score (nSPS) is 10.6. The van der Waals surface area contributed by atoms with Gasteiger partial charge in [0.25, 0.3) is 11.8 Å². The number of aromatic nitrogens is 1. The number of hydrogen-bond acceptors (Lipinski definition) is 2. The first-order valence-electron chi connectivity index (χ1n) is 7.86. The zero-order valence-electron chi connectivity index (χ0n) is 13.7. The van der Waals surface area contributed by atoms with Crippen molar-refractivity contribution < 1.29 is 9.59 Å². The van der Waals surface area contributed by atoms with Crippen molar-refractivity contribution in [2.45, 2.75) is 13.5 Å². The summed E-state index contributed by atoms with van der Waals surface area (Å²) in [5.41, 5.74) is 2.55. The van der Waals surface area contributed by atoms with E-state index in [4.69, 9.17) is 0 Å². The number of para-hydroxylation sites is 2. The van der Waals surface area contributed by atoms with Gasteiger partial charge in [0.15, 0.2) is 0 Å². The molecule has 1 heterocycles. The number of benzene rings is 2. The van der Waals surface area contributed by atoms with Gasteiger partial charge in [-0.2, -0.15) is 0 Å². The fraction of sp³-hybridized carbons (Fsp3) is 0.158. The van der Waals surface area contributed by atoms with Crippen LogP contribution in [0.15, 0.2) is 54.7 Å². The van der Waals surface area contributed by atoms with Gasteiger partial charge >= 0.3 is 0 Å². The number of amides is 2. The highest BCUT2D eigenvalue weighted by Crippen LogP contribution is 2.23. The molecule has 0 saturated carbocycles. The third-order valence-corrected chi connectivity index (χ3v) is 4.02. The van der Waals surface area contributed by atoms with E-state index in [0.29, 0.717) is 16.8 Å². The predicted octanol–water partition coefficient (Wildman–Crippen LogP) is 3.27. The minimum absolute atomic E-state index is 0.227. The summed E-state index contributed by atoms with van der Waals surface area (Å²) >= 11 is 0. The lowest BCUT2D eigenvalue weighted by Gasteiger charge is -2.09. The van der Waals surface area contributed by atoms with E-state index in [1.807, 2.05) is 42.0 Å². The Bertz CT molecular complexity index is 912. The topological polar surface area (TPSA) is 63.1 Å². The molecule has 24 heavy (non-hydrogen) atoms. The van der Waals surface area contributed by atoms with Crippen LogP contribution in [0.2, 0.25) is 0 Å². The second-order valence-corrected chi connectivity index (χ2v) is 5.42. The molecular weight excluding hydrogens is 302 g/mol. The summed E-state index contributed by atoms with van der Waals surface area (Å²) in [6.07, 6.45) is 1.85. The number of rotatable bonds is 4. The molecule has 5 nitrogen and oxygen atoms in total. The minimum atomic E-state index is -0.234. The lowest BCUT2D eigenvalue weighted by atomic mass is 10.1. The summed E-state index contributed by atoms with van der Waals surface area (Å²) in [5, 5.41) is 6.34. The number of nitrogens with one attached hydrogen (secondary N) is 2. The first-order valence-corrected chi connectivity index (χ1v) is 7.86. The zero-order chi connectivity index (χ0) is 17.1. The van der Waals surface area contributed by atoms with Gasteiger partial charge in [0.1, 0.15) is 0 Å². The Kier molecular flexibility index (Phi) is 4.33. The summed E-state index contributed by atoms with van der Waals surface area (Å²) in [6.45, 7) is 2.82. The highest BCUT2D eigenvalue weighted by atomic mass is 16.2. The molecule has 2 N–H and O–H groups in total. The third-order valence-electron chi connectivity index (χ3n) is 4.02. The van der Waals surface area contributed by atoms with Gasteiger partial charge < -0.3 is 15.2 Å². The highest BCUT2D eigenvalue weighted by Gasteiger charge is 2.17. The summed E-state index contributed by atoms with van der Waals surface area (Å²) in [5.74, 6) is -0.461. The average Bonchev–Trinajstić information content (AvgIpc) is 3.00. The molecule has 2 aromatic carbocycles. The van der Waals surface area contributed by atoms with Crippen molar-refractivity contribution >= 4 is 28.4 Å². The van der Waals surface area contributed by atoms with Crippen LogP contribution in [0, 0.1) is 0 Å². The highest BCUT2D eigenvalue weighted by molar-refractivity contribution is 6.14. The van der Waals surface area contributed by atoms with E-state index in [1.54, 1.807) is 31.3 Å². The maximum atomic E-state index is 12.8. The van der Waals surface area contributed by atoms with Crippen molar-refractivity contribution in [1.29, 1.82) is 0 Å². The van der Waals surface area contributed by atoms with Gasteiger partial charge in [0, 0.05) is 30.7 Å². The Hall–Kier alpha value is -3.08. The fourth-order valence-electron chi connectivity index (χ4n) is 2.80. The molecule has 5 heteroatoms. The summed E-state index contributed by atoms with van der Waals surface area (Å²) in [4.78, 5) is 24.7. The van der Waals surface area contributed by atoms with E-state index in [2.05, 4.69) is 10.6 Å². The van der Waals surface area contributed by atoms with Crippen molar-refractivity contribution in [3.8, 4) is 0 Å². The van der Waals surface area contributed by atoms with Crippen molar-refractivity contribution in [3.63, 3.8) is 0 Å². The standard InChI is InChI=1S/C19H19N3O2/c1-3-22-12-15(13-8-5-7-11-17(13)22)19(24)21-16-10-6-4-9-14(16)18(23)20-2/h4-12H,3H2,1-2H3,(H,20,23)(H,21,24). The first kappa shape index (κ1) is 15.8. The van der Waals surface area contributed by atoms with E-state index in [9.17, 15) is 9.59 Å². The number of fused-ring (bicyclic) bond motifs is 1. The number of aryl methyl sites for hydroxylation is 1. The van der Waals surface area contributed by atoms with E-state index in [0.717, 1.165) is 17.4 Å². The summed E-state index contributed by atoms with van der Waals surface area (Å²) in [7, 11) is 1.57. The van der Waals surface area contributed by atoms with Crippen LogP contribution >= 0.6 is 0 Å². The molecule has 0 aliphatic heterocycles. The molecule has 0 spiro atoms. The smallest absolute Gasteiger partial charge is 0.257 e. The molecule has 0 unspecified atom stereocenters. The molecule has 1 aromatic heterocycles. The van der Waals surface area contributed by atoms with Gasteiger partial charge in [-0.15, -0.1) is 0 Å². The third kappa shape index (κ3) is 2.76. The van der Waals surface area contributed by atoms with Gasteiger partial charge in [0.05, 0.1) is 16.8 Å². The van der Waals surface area contributed by atoms with Gasteiger partial charge in [0.2, 0.25) is 0 Å². The number of anilines is 1. The molecule has 3 rings (SSSR count). The van der Waals surface area contributed by atoms with E-state index >= 15 is 0 Å². The molecule has 0 fully saturated rings. The van der Waals surface area contributed by atoms with Crippen molar-refractivity contribution in [2.75, 3.05) is 12.4 Å². The number of carbonyl (C=O) groups excluding carboxylic acids is 2. The lowest BCUT2D eigenvalue weighted by Crippen LogP contribution is -2.21. The molecule has 0 bridgehead atoms. The second kappa shape index (κ2) is 6.58. The van der Waals surface area contributed by atoms with Crippen molar-refractivity contribution in [2.24, 2.45) is 0 Å². The molecule has 0 atom stereocenters. The largest absolute Gasteiger partial charge is 0.355 e. The summed E-state index contributed by atoms with van der Waals surface area (Å²) in [6, 6.07) is 14.8. The van der Waals surface area contributed by atoms with Crippen molar-refractivity contribution in [3.05, 3.63) is 65.9 Å². The zero-order valence-corrected chi connectivity index (χ0v) is 13.7. The number of carbonyl (C=O) groups is 2. The Balaban J connectivity index is 1.99. The lowest BCUT2D eigenvalue weighted by molar-refractivity contribution is 0.0964. The van der Waals surface area contributed by atoms with Gasteiger partial charge in [-0.25, -0.2) is 0 Å². The average molecular weight is 321 g/mol. The molecular formula is C19H19N3O2. The van der Waals surface area contributed by atoms with E-state index in [1.165, 1.54) is 0 Å². The Morgan fingerprint density at radius 1 is 0.958 bits per heavy atom. The predicted molar refractivity (Wildman–Crippen MR) is 95.4 cm³/mol. The van der Waals surface area contributed by atoms with Crippen LogP contribution in [0.1, 0.15) is 27.6 Å². The van der Waals surface area contributed by atoms with Gasteiger partial charge in [-0.1, -0.05) is 30.3 Å². The van der Waals surface area contributed by atoms with Crippen LogP contribution in [0.25, 0.3) is 10.9 Å². The van der Waals surface area contributed by atoms with E-state index in [-0.39, 0.29) is 11.8 Å². The molecule has 3 aromatic rings. The maximum absolute atomic E-state index is 12.8. The molecule has 122 valence electrons. The quantitative estimate of drug-likeness (QED) is 0.774. The van der Waals surface area contributed by atoms with Crippen LogP contribution < -0.4 is 10.6 Å². The number of hydrogen-bond donors (Lipinski definition) is 2. The van der Waals surface area contributed by atoms with Crippen LogP contribution in [0.3, 0.4) is 0 Å². The minimum Gasteiger partial charge on any atom is -0.355 e. The first-order chi connectivity index (χ1) is 11.7. The van der Waals surface area contributed by atoms with Crippen LogP contribution in [0.4, 0.5) is 5.69 Å². The Morgan fingerprint density at radius 2 is 1.67 bits per heavy atom. The van der Waals surface area contributed by atoms with Crippen LogP contribution in [0.5, 0.6) is 0 Å². The van der Waals surface area contributed by atoms with Crippen LogP contribution in [-0.2, 0) is 6.54 Å². The molecule has 0 saturated heterocycles. The van der Waals surface area contributed by atoms with Crippen molar-refractivity contribution in [1.82, 2.24) is 9.88 Å². The van der Waals surface area contributed by atoms with Gasteiger partial charge in [-0.3, -0.25) is 9.59 Å². The van der Waals surface area contributed by atoms with Gasteiger partial charge in [-0.05, 0) is 25.1 Å². The molecule has 0 radical (unpaired) electrons. The molecule has 0 aliphatic rings. The maximum Gasteiger partial charge on any atom is 0.257 e. The fourth-order valence-corrected chi connectivity index (χ4v) is 2.80. The van der Waals surface area contributed by atoms with E-state index < -0.39 is 0 Å². The Labute approximate surface area is 140 Å². The monoisotopic (exact) mass is 321 g/mol. The molecule has 2 amide bonds. The number of nitrogens with zero attached hydrogens (tertiary/aromatic N) is 1. The molecule has 0 aliphatic carbocycles.